The van der Waals surface area contributed by atoms with Crippen molar-refractivity contribution in [3.63, 3.8) is 0 Å². The minimum atomic E-state index is -0.890. The number of anilines is 1. The number of hydrogen-bond donors (Lipinski definition) is 1. The summed E-state index contributed by atoms with van der Waals surface area (Å²) in [5.41, 5.74) is 3.98. The van der Waals surface area contributed by atoms with Crippen molar-refractivity contribution >= 4 is 17.5 Å². The highest BCUT2D eigenvalue weighted by Gasteiger charge is 2.35. The molecule has 4 aromatic rings. The molecule has 190 valence electrons. The Morgan fingerprint density at radius 2 is 1.84 bits per heavy atom. The van der Waals surface area contributed by atoms with Crippen LogP contribution in [0.3, 0.4) is 0 Å². The molecule has 1 unspecified atom stereocenters. The van der Waals surface area contributed by atoms with Crippen LogP contribution in [0.1, 0.15) is 65.4 Å². The van der Waals surface area contributed by atoms with Crippen LogP contribution in [0.2, 0.25) is 0 Å². The summed E-state index contributed by atoms with van der Waals surface area (Å²) in [4.78, 5) is 29.4. The third-order valence-corrected chi connectivity index (χ3v) is 6.86. The van der Waals surface area contributed by atoms with E-state index < -0.39 is 11.9 Å². The third-order valence-electron chi connectivity index (χ3n) is 6.86. The lowest BCUT2D eigenvalue weighted by Crippen LogP contribution is -2.47. The van der Waals surface area contributed by atoms with E-state index in [2.05, 4.69) is 20.8 Å². The monoisotopic (exact) mass is 498 g/mol. The number of aromatic nitrogens is 4. The lowest BCUT2D eigenvalue weighted by Gasteiger charge is -2.33. The van der Waals surface area contributed by atoms with Gasteiger partial charge in [-0.15, -0.1) is 5.10 Å². The molecule has 1 aliphatic rings. The van der Waals surface area contributed by atoms with Crippen molar-refractivity contribution in [2.75, 3.05) is 4.90 Å². The molecule has 1 N–H and O–H groups in total. The molecule has 5 rings (SSSR count). The number of nitrogens with zero attached hydrogens (tertiary/aromatic N) is 5. The molecule has 0 aliphatic heterocycles. The highest BCUT2D eigenvalue weighted by atomic mass is 16.3. The van der Waals surface area contributed by atoms with Gasteiger partial charge in [0.1, 0.15) is 12.4 Å². The molecule has 2 aromatic heterocycles. The Labute approximate surface area is 215 Å². The number of nitrogens with one attached hydrogen (secondary N) is 1. The van der Waals surface area contributed by atoms with Crippen LogP contribution in [-0.4, -0.2) is 38.1 Å². The Hall–Kier alpha value is -4.27. The molecular formula is C28H30N6O3. The lowest BCUT2D eigenvalue weighted by atomic mass is 9.94. The first-order chi connectivity index (χ1) is 18.0. The molecule has 9 heteroatoms. The predicted octanol–water partition coefficient (Wildman–Crippen LogP) is 4.71. The van der Waals surface area contributed by atoms with Crippen molar-refractivity contribution in [3.05, 3.63) is 89.6 Å². The first-order valence-electron chi connectivity index (χ1n) is 12.6. The van der Waals surface area contributed by atoms with E-state index in [1.165, 1.54) is 23.9 Å². The molecule has 1 aliphatic carbocycles. The van der Waals surface area contributed by atoms with Crippen molar-refractivity contribution < 1.29 is 14.0 Å². The van der Waals surface area contributed by atoms with Gasteiger partial charge in [-0.1, -0.05) is 49.1 Å². The topological polar surface area (TPSA) is 106 Å². The first kappa shape index (κ1) is 24.4. The van der Waals surface area contributed by atoms with E-state index in [9.17, 15) is 9.59 Å². The Morgan fingerprint density at radius 3 is 2.49 bits per heavy atom. The minimum absolute atomic E-state index is 0.0960. The fourth-order valence-electron chi connectivity index (χ4n) is 4.91. The maximum Gasteiger partial charge on any atom is 0.294 e. The van der Waals surface area contributed by atoms with Crippen LogP contribution in [0.15, 0.2) is 71.6 Å². The molecule has 9 nitrogen and oxygen atoms in total. The zero-order valence-electron chi connectivity index (χ0n) is 21.0. The number of rotatable bonds is 7. The van der Waals surface area contributed by atoms with Crippen LogP contribution >= 0.6 is 0 Å². The van der Waals surface area contributed by atoms with Gasteiger partial charge in [0.15, 0.2) is 5.76 Å². The van der Waals surface area contributed by atoms with Crippen LogP contribution in [0.25, 0.3) is 5.69 Å². The summed E-state index contributed by atoms with van der Waals surface area (Å²) in [5, 5.41) is 14.6. The second-order valence-corrected chi connectivity index (χ2v) is 9.53. The van der Waals surface area contributed by atoms with Crippen LogP contribution in [0.5, 0.6) is 0 Å². The maximum atomic E-state index is 14.0. The first-order valence-corrected chi connectivity index (χ1v) is 12.6. The number of benzene rings is 2. The number of amides is 2. The smallest absolute Gasteiger partial charge is 0.294 e. The summed E-state index contributed by atoms with van der Waals surface area (Å²) in [6, 6.07) is 15.7. The van der Waals surface area contributed by atoms with Gasteiger partial charge >= 0.3 is 0 Å². The fourth-order valence-corrected chi connectivity index (χ4v) is 4.91. The number of carbonyl (C=O) groups is 2. The molecular weight excluding hydrogens is 468 g/mol. The zero-order chi connectivity index (χ0) is 25.8. The molecule has 0 saturated heterocycles. The van der Waals surface area contributed by atoms with E-state index in [4.69, 9.17) is 4.42 Å². The van der Waals surface area contributed by atoms with Crippen molar-refractivity contribution in [1.29, 1.82) is 0 Å². The normalized spacial score (nSPS) is 14.8. The number of furan rings is 1. The Bertz CT molecular complexity index is 1340. The van der Waals surface area contributed by atoms with Gasteiger partial charge in [-0.3, -0.25) is 14.5 Å². The van der Waals surface area contributed by atoms with Crippen LogP contribution < -0.4 is 10.2 Å². The SMILES string of the molecule is Cc1ccc(C(C(=O)NC2CCCCC2)N(C(=O)c2ccco2)c2ccc(-n3cnnn3)c(C)c2)cc1. The second-order valence-electron chi connectivity index (χ2n) is 9.53. The van der Waals surface area contributed by atoms with Crippen molar-refractivity contribution in [2.24, 2.45) is 0 Å². The number of carbonyl (C=O) groups excluding carboxylic acids is 2. The van der Waals surface area contributed by atoms with E-state index in [0.29, 0.717) is 5.69 Å². The van der Waals surface area contributed by atoms with Crippen LogP contribution in [-0.2, 0) is 4.79 Å². The Balaban J connectivity index is 1.60. The third kappa shape index (κ3) is 5.30. The minimum Gasteiger partial charge on any atom is -0.459 e. The van der Waals surface area contributed by atoms with Gasteiger partial charge in [0.25, 0.3) is 5.91 Å². The lowest BCUT2D eigenvalue weighted by molar-refractivity contribution is -0.123. The number of tetrazole rings is 1. The summed E-state index contributed by atoms with van der Waals surface area (Å²) in [5.74, 6) is -0.452. The second kappa shape index (κ2) is 10.8. The molecule has 1 atom stereocenters. The molecule has 0 spiro atoms. The van der Waals surface area contributed by atoms with E-state index in [1.807, 2.05) is 50.2 Å². The summed E-state index contributed by atoms with van der Waals surface area (Å²) in [7, 11) is 0. The maximum absolute atomic E-state index is 14.0. The quantitative estimate of drug-likeness (QED) is 0.396. The highest BCUT2D eigenvalue weighted by molar-refractivity contribution is 6.08. The van der Waals surface area contributed by atoms with Gasteiger partial charge < -0.3 is 9.73 Å². The molecule has 2 heterocycles. The van der Waals surface area contributed by atoms with E-state index in [0.717, 1.165) is 48.1 Å². The number of hydrogen-bond acceptors (Lipinski definition) is 6. The summed E-state index contributed by atoms with van der Waals surface area (Å²) >= 11 is 0. The van der Waals surface area contributed by atoms with Gasteiger partial charge in [0.2, 0.25) is 5.91 Å². The fraction of sp³-hybridized carbons (Fsp3) is 0.321. The van der Waals surface area contributed by atoms with E-state index in [1.54, 1.807) is 22.9 Å². The molecule has 1 fully saturated rings. The average Bonchev–Trinajstić information content (AvgIpc) is 3.63. The summed E-state index contributed by atoms with van der Waals surface area (Å²) < 4.78 is 7.05. The van der Waals surface area contributed by atoms with Gasteiger partial charge in [0, 0.05) is 11.7 Å². The molecule has 2 amide bonds. The van der Waals surface area contributed by atoms with Crippen LogP contribution in [0, 0.1) is 13.8 Å². The summed E-state index contributed by atoms with van der Waals surface area (Å²) in [6.45, 7) is 3.91. The Kier molecular flexibility index (Phi) is 7.11. The van der Waals surface area contributed by atoms with Gasteiger partial charge in [-0.25, -0.2) is 4.68 Å². The Morgan fingerprint density at radius 1 is 1.05 bits per heavy atom. The highest BCUT2D eigenvalue weighted by Crippen LogP contribution is 2.32. The largest absolute Gasteiger partial charge is 0.459 e. The van der Waals surface area contributed by atoms with Crippen molar-refractivity contribution in [2.45, 2.75) is 58.0 Å². The van der Waals surface area contributed by atoms with Gasteiger partial charge in [-0.2, -0.15) is 0 Å². The van der Waals surface area contributed by atoms with E-state index in [-0.39, 0.29) is 17.7 Å². The average molecular weight is 499 g/mol. The molecule has 0 bridgehead atoms. The summed E-state index contributed by atoms with van der Waals surface area (Å²) in [6.07, 6.45) is 8.22. The van der Waals surface area contributed by atoms with Gasteiger partial charge in [0.05, 0.1) is 12.0 Å². The molecule has 2 aromatic carbocycles. The predicted molar refractivity (Wildman–Crippen MR) is 138 cm³/mol. The molecule has 1 saturated carbocycles. The zero-order valence-corrected chi connectivity index (χ0v) is 21.0. The van der Waals surface area contributed by atoms with Crippen molar-refractivity contribution in [1.82, 2.24) is 25.5 Å². The van der Waals surface area contributed by atoms with Crippen molar-refractivity contribution in [3.8, 4) is 5.69 Å². The number of aryl methyl sites for hydroxylation is 2. The van der Waals surface area contributed by atoms with Gasteiger partial charge in [-0.05, 0) is 78.6 Å². The molecule has 0 radical (unpaired) electrons. The van der Waals surface area contributed by atoms with E-state index >= 15 is 0 Å². The van der Waals surface area contributed by atoms with Crippen LogP contribution in [0.4, 0.5) is 5.69 Å². The standard InChI is InChI=1S/C28H30N6O3/c1-19-10-12-21(13-11-19)26(27(35)30-22-7-4-3-5-8-22)34(28(36)25-9-6-16-37-25)23-14-15-24(20(2)17-23)33-18-29-31-32-33/h6,9-18,22,26H,3-5,7-8H2,1-2H3,(H,30,35). The molecule has 37 heavy (non-hydrogen) atoms.